The van der Waals surface area contributed by atoms with Crippen LogP contribution < -0.4 is 5.32 Å². The van der Waals surface area contributed by atoms with Gasteiger partial charge >= 0.3 is 6.18 Å². The number of halogens is 3. The number of nitrogens with one attached hydrogen (secondary N) is 1. The second-order valence-corrected chi connectivity index (χ2v) is 4.50. The zero-order valence-electron chi connectivity index (χ0n) is 11.0. The molecule has 0 aliphatic rings. The second-order valence-electron chi connectivity index (χ2n) is 4.50. The molecule has 0 bridgehead atoms. The van der Waals surface area contributed by atoms with Gasteiger partial charge in [-0.25, -0.2) is 0 Å². The van der Waals surface area contributed by atoms with Crippen LogP contribution in [-0.4, -0.2) is 11.0 Å². The van der Waals surface area contributed by atoms with Gasteiger partial charge in [-0.3, -0.25) is 4.79 Å². The highest BCUT2D eigenvalue weighted by molar-refractivity contribution is 6.06. The summed E-state index contributed by atoms with van der Waals surface area (Å²) in [6, 6.07) is 8.77. The summed E-state index contributed by atoms with van der Waals surface area (Å²) in [5.41, 5.74) is 0.0257. The molecule has 0 aromatic heterocycles. The van der Waals surface area contributed by atoms with Crippen LogP contribution in [0.5, 0.6) is 5.75 Å². The summed E-state index contributed by atoms with van der Waals surface area (Å²) in [6.45, 7) is 1.64. The molecule has 2 aromatic rings. The Bertz CT molecular complexity index is 664. The molecule has 0 atom stereocenters. The molecule has 2 rings (SSSR count). The van der Waals surface area contributed by atoms with Crippen LogP contribution in [0.15, 0.2) is 42.5 Å². The van der Waals surface area contributed by atoms with Crippen molar-refractivity contribution in [1.29, 1.82) is 0 Å². The molecule has 0 heterocycles. The van der Waals surface area contributed by atoms with Crippen molar-refractivity contribution in [3.05, 3.63) is 59.2 Å². The maximum Gasteiger partial charge on any atom is 0.416 e. The van der Waals surface area contributed by atoms with Crippen LogP contribution >= 0.6 is 0 Å². The molecule has 0 fully saturated rings. The first kappa shape index (κ1) is 14.9. The van der Waals surface area contributed by atoms with Gasteiger partial charge in [-0.05, 0) is 42.8 Å². The molecule has 21 heavy (non-hydrogen) atoms. The number of phenolic OH excluding ortho intramolecular Hbond substituents is 1. The lowest BCUT2D eigenvalue weighted by Crippen LogP contribution is -2.13. The number of aryl methyl sites for hydroxylation is 1. The van der Waals surface area contributed by atoms with E-state index in [-0.39, 0.29) is 17.0 Å². The lowest BCUT2D eigenvalue weighted by atomic mass is 10.1. The molecule has 0 aliphatic heterocycles. The van der Waals surface area contributed by atoms with Crippen molar-refractivity contribution in [3.8, 4) is 5.75 Å². The fourth-order valence-corrected chi connectivity index (χ4v) is 1.78. The van der Waals surface area contributed by atoms with Gasteiger partial charge in [0.15, 0.2) is 0 Å². The van der Waals surface area contributed by atoms with Gasteiger partial charge in [0, 0.05) is 5.69 Å². The Labute approximate surface area is 119 Å². The van der Waals surface area contributed by atoms with E-state index in [1.165, 1.54) is 6.07 Å². The number of aromatic hydroxyl groups is 1. The quantitative estimate of drug-likeness (QED) is 0.880. The van der Waals surface area contributed by atoms with Crippen LogP contribution in [0.1, 0.15) is 21.5 Å². The summed E-state index contributed by atoms with van der Waals surface area (Å²) in [4.78, 5) is 12.0. The van der Waals surface area contributed by atoms with E-state index < -0.39 is 17.6 Å². The van der Waals surface area contributed by atoms with Crippen molar-refractivity contribution in [1.82, 2.24) is 0 Å². The summed E-state index contributed by atoms with van der Waals surface area (Å²) < 4.78 is 37.3. The average molecular weight is 295 g/mol. The summed E-state index contributed by atoms with van der Waals surface area (Å²) >= 11 is 0. The third-order valence-electron chi connectivity index (χ3n) is 2.95. The predicted octanol–water partition coefficient (Wildman–Crippen LogP) is 3.97. The Kier molecular flexibility index (Phi) is 3.88. The molecule has 3 nitrogen and oxygen atoms in total. The van der Waals surface area contributed by atoms with E-state index in [1.807, 2.05) is 0 Å². The number of anilines is 1. The molecule has 1 amide bonds. The molecule has 0 radical (unpaired) electrons. The van der Waals surface area contributed by atoms with Crippen molar-refractivity contribution in [3.63, 3.8) is 0 Å². The van der Waals surface area contributed by atoms with Crippen LogP contribution in [0.2, 0.25) is 0 Å². The van der Waals surface area contributed by atoms with Crippen molar-refractivity contribution in [2.45, 2.75) is 13.1 Å². The number of hydrogen-bond acceptors (Lipinski definition) is 2. The number of carbonyl (C=O) groups is 1. The van der Waals surface area contributed by atoms with E-state index in [9.17, 15) is 23.1 Å². The first-order valence-electron chi connectivity index (χ1n) is 6.06. The lowest BCUT2D eigenvalue weighted by Gasteiger charge is -2.10. The van der Waals surface area contributed by atoms with Crippen LogP contribution in [0.3, 0.4) is 0 Å². The highest BCUT2D eigenvalue weighted by Gasteiger charge is 2.30. The summed E-state index contributed by atoms with van der Waals surface area (Å²) in [6.07, 6.45) is -4.42. The van der Waals surface area contributed by atoms with Gasteiger partial charge in [-0.1, -0.05) is 12.1 Å². The van der Waals surface area contributed by atoms with Crippen molar-refractivity contribution >= 4 is 11.6 Å². The number of hydrogen-bond donors (Lipinski definition) is 2. The largest absolute Gasteiger partial charge is 0.507 e. The molecule has 0 unspecified atom stereocenters. The minimum absolute atomic E-state index is 0.0647. The van der Waals surface area contributed by atoms with Gasteiger partial charge in [0.25, 0.3) is 5.91 Å². The smallest absolute Gasteiger partial charge is 0.416 e. The molecule has 2 N–H and O–H groups in total. The highest BCUT2D eigenvalue weighted by atomic mass is 19.4. The number of para-hydroxylation sites is 1. The van der Waals surface area contributed by atoms with Crippen LogP contribution in [-0.2, 0) is 6.18 Å². The average Bonchev–Trinajstić information content (AvgIpc) is 2.41. The summed E-state index contributed by atoms with van der Waals surface area (Å²) in [5, 5.41) is 12.2. The number of alkyl halides is 3. The van der Waals surface area contributed by atoms with E-state index in [1.54, 1.807) is 19.1 Å². The normalized spacial score (nSPS) is 11.2. The molecular weight excluding hydrogens is 283 g/mol. The molecule has 0 spiro atoms. The van der Waals surface area contributed by atoms with Gasteiger partial charge in [0.05, 0.1) is 11.1 Å². The molecule has 110 valence electrons. The maximum absolute atomic E-state index is 12.4. The summed E-state index contributed by atoms with van der Waals surface area (Å²) in [7, 11) is 0. The number of amides is 1. The van der Waals surface area contributed by atoms with Gasteiger partial charge in [-0.15, -0.1) is 0 Å². The Morgan fingerprint density at radius 3 is 2.29 bits per heavy atom. The topological polar surface area (TPSA) is 49.3 Å². The van der Waals surface area contributed by atoms with Crippen LogP contribution in [0, 0.1) is 6.92 Å². The first-order chi connectivity index (χ1) is 9.79. The Hall–Kier alpha value is -2.50. The standard InChI is InChI=1S/C15H12F3NO2/c1-9-3-2-4-12(13(9)20)14(21)19-11-7-5-10(6-8-11)15(16,17)18/h2-8,20H,1H3,(H,19,21). The number of phenols is 1. The predicted molar refractivity (Wildman–Crippen MR) is 72.2 cm³/mol. The fraction of sp³-hybridized carbons (Fsp3) is 0.133. The fourth-order valence-electron chi connectivity index (χ4n) is 1.78. The molecule has 6 heteroatoms. The van der Waals surface area contributed by atoms with Crippen molar-refractivity contribution < 1.29 is 23.1 Å². The molecule has 2 aromatic carbocycles. The molecule has 0 saturated heterocycles. The van der Waals surface area contributed by atoms with Crippen molar-refractivity contribution in [2.75, 3.05) is 5.32 Å². The molecule has 0 saturated carbocycles. The van der Waals surface area contributed by atoms with E-state index in [0.29, 0.717) is 5.56 Å². The Balaban J connectivity index is 2.18. The van der Waals surface area contributed by atoms with Crippen LogP contribution in [0.4, 0.5) is 18.9 Å². The summed E-state index contributed by atoms with van der Waals surface area (Å²) in [5.74, 6) is -0.738. The van der Waals surface area contributed by atoms with Gasteiger partial charge in [0.2, 0.25) is 0 Å². The molecule has 0 aliphatic carbocycles. The minimum atomic E-state index is -4.42. The molecular formula is C15H12F3NO2. The van der Waals surface area contributed by atoms with E-state index >= 15 is 0 Å². The highest BCUT2D eigenvalue weighted by Crippen LogP contribution is 2.30. The second kappa shape index (κ2) is 5.47. The van der Waals surface area contributed by atoms with Gasteiger partial charge < -0.3 is 10.4 Å². The lowest BCUT2D eigenvalue weighted by molar-refractivity contribution is -0.137. The Morgan fingerprint density at radius 2 is 1.71 bits per heavy atom. The van der Waals surface area contributed by atoms with Crippen LogP contribution in [0.25, 0.3) is 0 Å². The third-order valence-corrected chi connectivity index (χ3v) is 2.95. The zero-order valence-corrected chi connectivity index (χ0v) is 11.0. The SMILES string of the molecule is Cc1cccc(C(=O)Nc2ccc(C(F)(F)F)cc2)c1O. The Morgan fingerprint density at radius 1 is 1.10 bits per heavy atom. The minimum Gasteiger partial charge on any atom is -0.507 e. The number of benzene rings is 2. The van der Waals surface area contributed by atoms with E-state index in [0.717, 1.165) is 24.3 Å². The van der Waals surface area contributed by atoms with Gasteiger partial charge in [0.1, 0.15) is 5.75 Å². The van der Waals surface area contributed by atoms with Gasteiger partial charge in [-0.2, -0.15) is 13.2 Å². The third kappa shape index (κ3) is 3.34. The van der Waals surface area contributed by atoms with E-state index in [2.05, 4.69) is 5.32 Å². The van der Waals surface area contributed by atoms with E-state index in [4.69, 9.17) is 0 Å². The monoisotopic (exact) mass is 295 g/mol. The number of carbonyl (C=O) groups excluding carboxylic acids is 1. The number of rotatable bonds is 2. The van der Waals surface area contributed by atoms with Crippen molar-refractivity contribution in [2.24, 2.45) is 0 Å². The maximum atomic E-state index is 12.4. The zero-order chi connectivity index (χ0) is 15.6. The first-order valence-corrected chi connectivity index (χ1v) is 6.06.